The molecule has 0 radical (unpaired) electrons. The quantitative estimate of drug-likeness (QED) is 0.390. The van der Waals surface area contributed by atoms with Crippen LogP contribution in [0.25, 0.3) is 0 Å². The van der Waals surface area contributed by atoms with Crippen molar-refractivity contribution in [3.8, 4) is 0 Å². The van der Waals surface area contributed by atoms with Gasteiger partial charge in [0.05, 0.1) is 13.2 Å². The second-order valence-electron chi connectivity index (χ2n) is 3.06. The number of aliphatic hydroxyl groups excluding tert-OH is 3. The number of rotatable bonds is 5. The van der Waals surface area contributed by atoms with Crippen molar-refractivity contribution in [2.45, 2.75) is 31.7 Å². The van der Waals surface area contributed by atoms with Crippen LogP contribution in [0.4, 0.5) is 0 Å². The monoisotopic (exact) mass is 208 g/mol. The molecule has 4 N–H and O–H groups in total. The van der Waals surface area contributed by atoms with Gasteiger partial charge in [-0.05, 0) is 13.8 Å². The predicted octanol–water partition coefficient (Wildman–Crippen LogP) is -1.99. The van der Waals surface area contributed by atoms with E-state index < -0.39 is 30.4 Å². The Morgan fingerprint density at radius 3 is 2.36 bits per heavy atom. The maximum absolute atomic E-state index is 11.1. The summed E-state index contributed by atoms with van der Waals surface area (Å²) in [6.45, 7) is 1.85. The highest BCUT2D eigenvalue weighted by Gasteiger charge is 2.43. The highest BCUT2D eigenvalue weighted by Crippen LogP contribution is 2.15. The highest BCUT2D eigenvalue weighted by atomic mass is 16.6. The maximum Gasteiger partial charge on any atom is 0.340 e. The molecule has 0 amide bonds. The van der Waals surface area contributed by atoms with Crippen molar-refractivity contribution < 1.29 is 30.0 Å². The number of esters is 1. The molecule has 0 aliphatic rings. The van der Waals surface area contributed by atoms with Crippen LogP contribution >= 0.6 is 0 Å². The number of hydrogen-bond donors (Lipinski definition) is 4. The van der Waals surface area contributed by atoms with Crippen molar-refractivity contribution in [1.82, 2.24) is 0 Å². The van der Waals surface area contributed by atoms with E-state index in [1.54, 1.807) is 6.92 Å². The van der Waals surface area contributed by atoms with E-state index in [4.69, 9.17) is 10.2 Å². The van der Waals surface area contributed by atoms with Crippen molar-refractivity contribution in [2.24, 2.45) is 0 Å². The molecule has 0 aromatic heterocycles. The maximum atomic E-state index is 11.1. The Balaban J connectivity index is 4.50. The molecule has 0 bridgehead atoms. The molecule has 0 heterocycles. The molecule has 0 aliphatic heterocycles. The second-order valence-corrected chi connectivity index (χ2v) is 3.06. The first-order valence-corrected chi connectivity index (χ1v) is 4.24. The van der Waals surface area contributed by atoms with Crippen molar-refractivity contribution in [1.29, 1.82) is 0 Å². The van der Waals surface area contributed by atoms with Crippen LogP contribution in [0.5, 0.6) is 0 Å². The Kier molecular flexibility index (Phi) is 5.00. The van der Waals surface area contributed by atoms with Gasteiger partial charge in [0.25, 0.3) is 0 Å². The normalized spacial score (nSPS) is 19.6. The zero-order valence-electron chi connectivity index (χ0n) is 8.17. The summed E-state index contributed by atoms with van der Waals surface area (Å²) in [5.41, 5.74) is -2.22. The topological polar surface area (TPSA) is 107 Å². The second kappa shape index (κ2) is 5.26. The molecule has 0 aromatic rings. The molecular formula is C8H16O6. The van der Waals surface area contributed by atoms with Crippen LogP contribution in [0, 0.1) is 0 Å². The van der Waals surface area contributed by atoms with Crippen LogP contribution in [-0.2, 0) is 9.53 Å². The van der Waals surface area contributed by atoms with E-state index in [1.165, 1.54) is 0 Å². The van der Waals surface area contributed by atoms with Gasteiger partial charge in [0, 0.05) is 0 Å². The minimum absolute atomic E-state index is 0.0525. The molecule has 0 rings (SSSR count). The minimum Gasteiger partial charge on any atom is -0.464 e. The van der Waals surface area contributed by atoms with Crippen LogP contribution in [-0.4, -0.2) is 57.4 Å². The number of hydrogen-bond acceptors (Lipinski definition) is 6. The fourth-order valence-electron chi connectivity index (χ4n) is 0.872. The molecule has 3 atom stereocenters. The first kappa shape index (κ1) is 13.3. The molecule has 6 nitrogen and oxygen atoms in total. The Labute approximate surface area is 81.7 Å². The highest BCUT2D eigenvalue weighted by molar-refractivity contribution is 5.79. The number of carbonyl (C=O) groups is 1. The minimum atomic E-state index is -2.22. The van der Waals surface area contributed by atoms with Gasteiger partial charge in [0.2, 0.25) is 0 Å². The smallest absolute Gasteiger partial charge is 0.340 e. The standard InChI is InChI=1S/C8H16O6/c1-3-14-7(12)8(2,13)6(11)5(10)4-9/h5-6,9-11,13H,3-4H2,1-2H3/t5-,6-,8?/m1/s1. The lowest BCUT2D eigenvalue weighted by Crippen LogP contribution is -2.54. The van der Waals surface area contributed by atoms with Gasteiger partial charge in [-0.15, -0.1) is 0 Å². The number of carbonyl (C=O) groups excluding carboxylic acids is 1. The van der Waals surface area contributed by atoms with Crippen molar-refractivity contribution in [3.63, 3.8) is 0 Å². The Bertz CT molecular complexity index is 190. The summed E-state index contributed by atoms with van der Waals surface area (Å²) in [4.78, 5) is 11.1. The number of ether oxygens (including phenoxy) is 1. The summed E-state index contributed by atoms with van der Waals surface area (Å²) in [5, 5.41) is 36.3. The van der Waals surface area contributed by atoms with Crippen molar-refractivity contribution in [2.75, 3.05) is 13.2 Å². The van der Waals surface area contributed by atoms with E-state index in [0.717, 1.165) is 6.92 Å². The van der Waals surface area contributed by atoms with Gasteiger partial charge < -0.3 is 25.2 Å². The molecule has 0 fully saturated rings. The van der Waals surface area contributed by atoms with E-state index >= 15 is 0 Å². The zero-order chi connectivity index (χ0) is 11.4. The molecular weight excluding hydrogens is 192 g/mol. The summed E-state index contributed by atoms with van der Waals surface area (Å²) in [5.74, 6) is -1.04. The summed E-state index contributed by atoms with van der Waals surface area (Å²) >= 11 is 0. The number of aliphatic hydroxyl groups is 4. The van der Waals surface area contributed by atoms with Gasteiger partial charge in [-0.1, -0.05) is 0 Å². The van der Waals surface area contributed by atoms with E-state index in [1.807, 2.05) is 0 Å². The molecule has 0 aromatic carbocycles. The summed E-state index contributed by atoms with van der Waals surface area (Å²) in [7, 11) is 0. The van der Waals surface area contributed by atoms with Gasteiger partial charge >= 0.3 is 5.97 Å². The average molecular weight is 208 g/mol. The molecule has 14 heavy (non-hydrogen) atoms. The van der Waals surface area contributed by atoms with Crippen LogP contribution < -0.4 is 0 Å². The van der Waals surface area contributed by atoms with Crippen LogP contribution in [0.3, 0.4) is 0 Å². The van der Waals surface area contributed by atoms with E-state index in [2.05, 4.69) is 4.74 Å². The molecule has 6 heteroatoms. The first-order valence-electron chi connectivity index (χ1n) is 4.24. The third-order valence-electron chi connectivity index (χ3n) is 1.82. The van der Waals surface area contributed by atoms with E-state index in [0.29, 0.717) is 0 Å². The fraction of sp³-hybridized carbons (Fsp3) is 0.875. The van der Waals surface area contributed by atoms with Crippen LogP contribution in [0.1, 0.15) is 13.8 Å². The van der Waals surface area contributed by atoms with Gasteiger partial charge in [-0.2, -0.15) is 0 Å². The molecule has 0 aliphatic carbocycles. The SMILES string of the molecule is CCOC(=O)C(C)(O)[C@H](O)[C@H](O)CO. The van der Waals surface area contributed by atoms with Gasteiger partial charge in [-0.3, -0.25) is 0 Å². The van der Waals surface area contributed by atoms with Crippen molar-refractivity contribution in [3.05, 3.63) is 0 Å². The lowest BCUT2D eigenvalue weighted by atomic mass is 9.95. The van der Waals surface area contributed by atoms with E-state index in [9.17, 15) is 15.0 Å². The zero-order valence-corrected chi connectivity index (χ0v) is 8.17. The fourth-order valence-corrected chi connectivity index (χ4v) is 0.872. The summed E-state index contributed by atoms with van der Waals surface area (Å²) < 4.78 is 4.48. The largest absolute Gasteiger partial charge is 0.464 e. The summed E-state index contributed by atoms with van der Waals surface area (Å²) in [6.07, 6.45) is -3.37. The Morgan fingerprint density at radius 2 is 2.00 bits per heavy atom. The molecule has 0 saturated heterocycles. The van der Waals surface area contributed by atoms with Crippen LogP contribution in [0.15, 0.2) is 0 Å². The Hall–Kier alpha value is -0.690. The lowest BCUT2D eigenvalue weighted by molar-refractivity contribution is -0.185. The Morgan fingerprint density at radius 1 is 1.50 bits per heavy atom. The predicted molar refractivity (Wildman–Crippen MR) is 46.4 cm³/mol. The van der Waals surface area contributed by atoms with Gasteiger partial charge in [0.15, 0.2) is 5.60 Å². The molecule has 1 unspecified atom stereocenters. The van der Waals surface area contributed by atoms with Gasteiger partial charge in [0.1, 0.15) is 12.2 Å². The molecule has 84 valence electrons. The van der Waals surface area contributed by atoms with Gasteiger partial charge in [-0.25, -0.2) is 4.79 Å². The lowest BCUT2D eigenvalue weighted by Gasteiger charge is -2.29. The molecule has 0 spiro atoms. The average Bonchev–Trinajstić information content (AvgIpc) is 2.15. The summed E-state index contributed by atoms with van der Waals surface area (Å²) in [6, 6.07) is 0. The van der Waals surface area contributed by atoms with E-state index in [-0.39, 0.29) is 6.61 Å². The third-order valence-corrected chi connectivity index (χ3v) is 1.82. The first-order chi connectivity index (χ1) is 6.37. The van der Waals surface area contributed by atoms with Crippen LogP contribution in [0.2, 0.25) is 0 Å². The van der Waals surface area contributed by atoms with Crippen molar-refractivity contribution >= 4 is 5.97 Å². The molecule has 0 saturated carbocycles. The third kappa shape index (κ3) is 2.91.